The quantitative estimate of drug-likeness (QED) is 0.518. The molecule has 4 nitrogen and oxygen atoms in total. The fraction of sp³-hybridized carbons (Fsp3) is 0.350. The molecule has 0 radical (unpaired) electrons. The van der Waals surface area contributed by atoms with Gasteiger partial charge in [-0.15, -0.1) is 0 Å². The number of halogens is 2. The third kappa shape index (κ3) is 4.19. The van der Waals surface area contributed by atoms with Crippen molar-refractivity contribution in [1.82, 2.24) is 0 Å². The van der Waals surface area contributed by atoms with Crippen LogP contribution >= 0.6 is 0 Å². The standard InChI is InChI=1S/C20H22F2O4/c1-12-13(2)18(25-10-15-8-6-5-7-9-15)17(19(21)22)14(3)16(12)20(23)26-11-24-4/h5-9,19H,10-11H2,1-4H3. The molecule has 0 atom stereocenters. The summed E-state index contributed by atoms with van der Waals surface area (Å²) in [6.07, 6.45) is -2.78. The average molecular weight is 364 g/mol. The van der Waals surface area contributed by atoms with Gasteiger partial charge in [0.1, 0.15) is 12.4 Å². The zero-order valence-electron chi connectivity index (χ0n) is 15.3. The molecule has 0 aliphatic rings. The van der Waals surface area contributed by atoms with Gasteiger partial charge in [-0.1, -0.05) is 30.3 Å². The van der Waals surface area contributed by atoms with Crippen LogP contribution in [0.5, 0.6) is 5.75 Å². The Bertz CT molecular complexity index is 773. The maximum atomic E-state index is 13.8. The largest absolute Gasteiger partial charge is 0.488 e. The van der Waals surface area contributed by atoms with Crippen molar-refractivity contribution in [3.05, 3.63) is 63.7 Å². The first-order valence-corrected chi connectivity index (χ1v) is 8.13. The predicted molar refractivity (Wildman–Crippen MR) is 93.7 cm³/mol. The minimum atomic E-state index is -2.78. The summed E-state index contributed by atoms with van der Waals surface area (Å²) in [4.78, 5) is 12.3. The zero-order chi connectivity index (χ0) is 19.3. The zero-order valence-corrected chi connectivity index (χ0v) is 15.3. The lowest BCUT2D eigenvalue weighted by atomic mass is 9.92. The van der Waals surface area contributed by atoms with Gasteiger partial charge in [-0.25, -0.2) is 13.6 Å². The minimum Gasteiger partial charge on any atom is -0.488 e. The normalized spacial score (nSPS) is 10.9. The molecule has 2 aromatic rings. The van der Waals surface area contributed by atoms with Crippen LogP contribution in [0.25, 0.3) is 0 Å². The summed E-state index contributed by atoms with van der Waals surface area (Å²) in [6, 6.07) is 9.28. The molecule has 0 saturated carbocycles. The van der Waals surface area contributed by atoms with E-state index in [4.69, 9.17) is 14.2 Å². The van der Waals surface area contributed by atoms with Crippen molar-refractivity contribution in [1.29, 1.82) is 0 Å². The summed E-state index contributed by atoms with van der Waals surface area (Å²) in [7, 11) is 1.38. The Morgan fingerprint density at radius 3 is 2.27 bits per heavy atom. The van der Waals surface area contributed by atoms with Gasteiger partial charge in [-0.3, -0.25) is 0 Å². The van der Waals surface area contributed by atoms with E-state index in [0.717, 1.165) is 5.56 Å². The van der Waals surface area contributed by atoms with E-state index >= 15 is 0 Å². The van der Waals surface area contributed by atoms with E-state index < -0.39 is 12.4 Å². The Morgan fingerprint density at radius 2 is 1.69 bits per heavy atom. The number of alkyl halides is 2. The van der Waals surface area contributed by atoms with Gasteiger partial charge in [0.2, 0.25) is 0 Å². The van der Waals surface area contributed by atoms with Crippen LogP contribution in [0, 0.1) is 20.8 Å². The van der Waals surface area contributed by atoms with E-state index in [1.807, 2.05) is 30.3 Å². The summed E-state index contributed by atoms with van der Waals surface area (Å²) in [5.74, 6) is -0.580. The molecule has 6 heteroatoms. The second kappa shape index (κ2) is 8.76. The molecular formula is C20H22F2O4. The third-order valence-corrected chi connectivity index (χ3v) is 4.26. The van der Waals surface area contributed by atoms with E-state index in [9.17, 15) is 13.6 Å². The first-order valence-electron chi connectivity index (χ1n) is 8.13. The number of esters is 1. The average Bonchev–Trinajstić information content (AvgIpc) is 2.62. The Morgan fingerprint density at radius 1 is 1.04 bits per heavy atom. The molecule has 0 N–H and O–H groups in total. The molecule has 0 aliphatic carbocycles. The predicted octanol–water partition coefficient (Wildman–Crippen LogP) is 4.89. The van der Waals surface area contributed by atoms with Gasteiger partial charge in [0, 0.05) is 7.11 Å². The molecule has 0 aliphatic heterocycles. The molecule has 2 aromatic carbocycles. The highest BCUT2D eigenvalue weighted by Gasteiger charge is 2.28. The van der Waals surface area contributed by atoms with E-state index in [1.165, 1.54) is 14.0 Å². The first-order chi connectivity index (χ1) is 12.4. The summed E-state index contributed by atoms with van der Waals surface area (Å²) >= 11 is 0. The lowest BCUT2D eigenvalue weighted by Crippen LogP contribution is -2.15. The lowest BCUT2D eigenvalue weighted by molar-refractivity contribution is -0.0126. The van der Waals surface area contributed by atoms with E-state index in [2.05, 4.69) is 0 Å². The summed E-state index contributed by atoms with van der Waals surface area (Å²) in [6.45, 7) is 4.75. The first kappa shape index (κ1) is 19.8. The van der Waals surface area contributed by atoms with Gasteiger partial charge in [0.25, 0.3) is 6.43 Å². The van der Waals surface area contributed by atoms with Crippen molar-refractivity contribution < 1.29 is 27.8 Å². The van der Waals surface area contributed by atoms with Gasteiger partial charge in [0.05, 0.1) is 11.1 Å². The topological polar surface area (TPSA) is 44.8 Å². The van der Waals surface area contributed by atoms with Crippen molar-refractivity contribution in [3.63, 3.8) is 0 Å². The van der Waals surface area contributed by atoms with Crippen LogP contribution in [0.2, 0.25) is 0 Å². The SMILES string of the molecule is COCOC(=O)c1c(C)c(C)c(OCc2ccccc2)c(C(F)F)c1C. The van der Waals surface area contributed by atoms with Crippen LogP contribution in [0.15, 0.2) is 30.3 Å². The van der Waals surface area contributed by atoms with Crippen molar-refractivity contribution in [3.8, 4) is 5.75 Å². The van der Waals surface area contributed by atoms with Gasteiger partial charge in [0.15, 0.2) is 6.79 Å². The highest BCUT2D eigenvalue weighted by atomic mass is 19.3. The van der Waals surface area contributed by atoms with Crippen LogP contribution in [0.4, 0.5) is 8.78 Å². The molecule has 0 unspecified atom stereocenters. The number of hydrogen-bond acceptors (Lipinski definition) is 4. The summed E-state index contributed by atoms with van der Waals surface area (Å²) in [5.41, 5.74) is 1.91. The molecule has 0 bridgehead atoms. The molecule has 0 aromatic heterocycles. The molecular weight excluding hydrogens is 342 g/mol. The van der Waals surface area contributed by atoms with Gasteiger partial charge >= 0.3 is 5.97 Å². The van der Waals surface area contributed by atoms with Crippen LogP contribution in [0.3, 0.4) is 0 Å². The van der Waals surface area contributed by atoms with Crippen LogP contribution in [-0.4, -0.2) is 19.9 Å². The van der Waals surface area contributed by atoms with E-state index in [1.54, 1.807) is 13.8 Å². The molecule has 26 heavy (non-hydrogen) atoms. The van der Waals surface area contributed by atoms with Crippen molar-refractivity contribution >= 4 is 5.97 Å². The van der Waals surface area contributed by atoms with Crippen LogP contribution in [-0.2, 0) is 16.1 Å². The molecule has 0 amide bonds. The number of ether oxygens (including phenoxy) is 3. The number of hydrogen-bond donors (Lipinski definition) is 0. The van der Waals surface area contributed by atoms with Crippen molar-refractivity contribution in [2.24, 2.45) is 0 Å². The minimum absolute atomic E-state index is 0.113. The highest BCUT2D eigenvalue weighted by molar-refractivity contribution is 5.94. The number of carbonyl (C=O) groups excluding carboxylic acids is 1. The van der Waals surface area contributed by atoms with Crippen molar-refractivity contribution in [2.75, 3.05) is 13.9 Å². The number of rotatable bonds is 7. The Labute approximate surface area is 151 Å². The fourth-order valence-electron chi connectivity index (χ4n) is 2.82. The smallest absolute Gasteiger partial charge is 0.340 e. The van der Waals surface area contributed by atoms with Crippen LogP contribution in [0.1, 0.15) is 44.6 Å². The number of benzene rings is 2. The molecule has 0 fully saturated rings. The molecule has 0 spiro atoms. The van der Waals surface area contributed by atoms with Crippen molar-refractivity contribution in [2.45, 2.75) is 33.8 Å². The Kier molecular flexibility index (Phi) is 6.69. The Balaban J connectivity index is 2.46. The lowest BCUT2D eigenvalue weighted by Gasteiger charge is -2.21. The van der Waals surface area contributed by atoms with E-state index in [-0.39, 0.29) is 35.8 Å². The fourth-order valence-corrected chi connectivity index (χ4v) is 2.82. The third-order valence-electron chi connectivity index (χ3n) is 4.26. The molecule has 0 saturated heterocycles. The van der Waals surface area contributed by atoms with Crippen LogP contribution < -0.4 is 4.74 Å². The number of methoxy groups -OCH3 is 1. The monoisotopic (exact) mass is 364 g/mol. The number of carbonyl (C=O) groups is 1. The summed E-state index contributed by atoms with van der Waals surface area (Å²) < 4.78 is 42.9. The summed E-state index contributed by atoms with van der Waals surface area (Å²) in [5, 5.41) is 0. The molecule has 2 rings (SSSR count). The second-order valence-electron chi connectivity index (χ2n) is 5.91. The van der Waals surface area contributed by atoms with E-state index in [0.29, 0.717) is 11.1 Å². The Hall–Kier alpha value is -2.47. The van der Waals surface area contributed by atoms with Gasteiger partial charge < -0.3 is 14.2 Å². The maximum absolute atomic E-state index is 13.8. The van der Waals surface area contributed by atoms with Gasteiger partial charge in [-0.05, 0) is 43.0 Å². The maximum Gasteiger partial charge on any atom is 0.340 e. The highest BCUT2D eigenvalue weighted by Crippen LogP contribution is 2.39. The molecule has 0 heterocycles. The van der Waals surface area contributed by atoms with Gasteiger partial charge in [-0.2, -0.15) is 0 Å². The second-order valence-corrected chi connectivity index (χ2v) is 5.91. The molecule has 140 valence electrons.